The summed E-state index contributed by atoms with van der Waals surface area (Å²) in [5.74, 6) is -1.36. The van der Waals surface area contributed by atoms with E-state index < -0.39 is 11.8 Å². The molecule has 0 saturated carbocycles. The zero-order chi connectivity index (χ0) is 9.42. The molecule has 0 atom stereocenters. The molecule has 2 rings (SSSR count). The quantitative estimate of drug-likeness (QED) is 0.335. The molecule has 0 radical (unpaired) electrons. The first kappa shape index (κ1) is 7.72. The number of hydrogen-bond acceptors (Lipinski definition) is 3. The van der Waals surface area contributed by atoms with Gasteiger partial charge in [-0.05, 0) is 0 Å². The van der Waals surface area contributed by atoms with E-state index in [2.05, 4.69) is 9.98 Å². The van der Waals surface area contributed by atoms with Crippen molar-refractivity contribution < 1.29 is 9.59 Å². The number of aromatic nitrogens is 1. The van der Waals surface area contributed by atoms with Crippen molar-refractivity contribution in [2.24, 2.45) is 4.99 Å². The van der Waals surface area contributed by atoms with Crippen LogP contribution in [0.3, 0.4) is 0 Å². The molecule has 0 N–H and O–H groups in total. The summed E-state index contributed by atoms with van der Waals surface area (Å²) in [4.78, 5) is 29.5. The number of rotatable bonds is 0. The lowest BCUT2D eigenvalue weighted by Crippen LogP contribution is -2.48. The highest BCUT2D eigenvalue weighted by molar-refractivity contribution is 6.36. The van der Waals surface area contributed by atoms with E-state index in [1.165, 1.54) is 17.8 Å². The van der Waals surface area contributed by atoms with Crippen LogP contribution in [0, 0.1) is 0 Å². The molecule has 1 aliphatic rings. The van der Waals surface area contributed by atoms with Crippen LogP contribution in [0.2, 0.25) is 0 Å². The normalized spacial score (nSPS) is 15.3. The van der Waals surface area contributed by atoms with E-state index in [1.54, 1.807) is 12.3 Å². The highest BCUT2D eigenvalue weighted by Gasteiger charge is 2.27. The molecule has 1 aliphatic heterocycles. The van der Waals surface area contributed by atoms with Gasteiger partial charge in [-0.15, -0.1) is 0 Å². The average Bonchev–Trinajstić information content (AvgIpc) is 2.15. The van der Waals surface area contributed by atoms with Crippen molar-refractivity contribution >= 4 is 11.8 Å². The fourth-order valence-corrected chi connectivity index (χ4v) is 1.16. The lowest BCUT2D eigenvalue weighted by molar-refractivity contribution is -0.138. The molecule has 1 aromatic rings. The molecule has 1 aromatic heterocycles. The van der Waals surface area contributed by atoms with Crippen molar-refractivity contribution in [1.82, 2.24) is 9.56 Å². The molecule has 5 nitrogen and oxygen atoms in total. The second-order valence-corrected chi connectivity index (χ2v) is 2.65. The molecule has 0 fully saturated rings. The van der Waals surface area contributed by atoms with Crippen LogP contribution in [-0.2, 0) is 9.59 Å². The Balaban J connectivity index is 2.97. The van der Waals surface area contributed by atoms with Crippen LogP contribution in [0.25, 0.3) is 0 Å². The molecule has 0 spiro atoms. The van der Waals surface area contributed by atoms with Crippen LogP contribution >= 0.6 is 0 Å². The summed E-state index contributed by atoms with van der Waals surface area (Å²) in [6, 6.07) is 1.64. The summed E-state index contributed by atoms with van der Waals surface area (Å²) < 4.78 is 1.27. The second kappa shape index (κ2) is 2.55. The zero-order valence-corrected chi connectivity index (χ0v) is 6.89. The van der Waals surface area contributed by atoms with E-state index in [0.717, 1.165) is 0 Å². The van der Waals surface area contributed by atoms with Gasteiger partial charge in [-0.1, -0.05) is 0 Å². The Morgan fingerprint density at radius 2 is 2.15 bits per heavy atom. The number of fused-ring (bicyclic) bond motifs is 1. The molecular formula is C8H6N3O2+. The van der Waals surface area contributed by atoms with Crippen molar-refractivity contribution in [3.05, 3.63) is 29.2 Å². The Morgan fingerprint density at radius 1 is 1.38 bits per heavy atom. The maximum Gasteiger partial charge on any atom is 0.479 e. The SMILES string of the molecule is C[N+]1=c2ccncc2=NC(=O)C1=O. The number of carbonyl (C=O) groups is 2. The van der Waals surface area contributed by atoms with Gasteiger partial charge in [-0.25, -0.2) is 4.79 Å². The second-order valence-electron chi connectivity index (χ2n) is 2.65. The number of nitrogens with zero attached hydrogens (tertiary/aromatic N) is 3. The summed E-state index contributed by atoms with van der Waals surface area (Å²) in [6.45, 7) is 0. The van der Waals surface area contributed by atoms with E-state index >= 15 is 0 Å². The average molecular weight is 176 g/mol. The maximum absolute atomic E-state index is 11.2. The smallest absolute Gasteiger partial charge is 0.262 e. The van der Waals surface area contributed by atoms with Crippen LogP contribution in [-0.4, -0.2) is 23.8 Å². The number of pyridine rings is 1. The summed E-state index contributed by atoms with van der Waals surface area (Å²) in [5, 5.41) is 1.05. The van der Waals surface area contributed by atoms with Crippen LogP contribution < -0.4 is 15.3 Å². The number of carbonyl (C=O) groups excluding carboxylic acids is 2. The van der Waals surface area contributed by atoms with Gasteiger partial charge in [-0.3, -0.25) is 9.78 Å². The summed E-state index contributed by atoms with van der Waals surface area (Å²) in [6.07, 6.45) is 3.00. The van der Waals surface area contributed by atoms with Crippen molar-refractivity contribution in [2.45, 2.75) is 0 Å². The van der Waals surface area contributed by atoms with Gasteiger partial charge in [0.25, 0.3) is 0 Å². The molecule has 2 amide bonds. The third-order valence-corrected chi connectivity index (χ3v) is 1.85. The number of hydrogen-bond donors (Lipinski definition) is 0. The topological polar surface area (TPSA) is 62.4 Å². The number of likely N-dealkylation sites (N-methyl/N-ethyl adjacent to an activating group) is 1. The standard InChI is InChI=1S/C8H6N3O2/c1-11-6-2-3-9-4-5(6)10-7(12)8(11)13/h2-4H,1H3/q+1. The molecule has 64 valence electrons. The molecule has 0 aromatic carbocycles. The van der Waals surface area contributed by atoms with E-state index in [0.29, 0.717) is 10.7 Å². The zero-order valence-electron chi connectivity index (χ0n) is 6.89. The van der Waals surface area contributed by atoms with Crippen LogP contribution in [0.5, 0.6) is 0 Å². The lowest BCUT2D eigenvalue weighted by atomic mass is 10.3. The monoisotopic (exact) mass is 176 g/mol. The first-order valence-electron chi connectivity index (χ1n) is 3.68. The van der Waals surface area contributed by atoms with E-state index in [9.17, 15) is 9.59 Å². The first-order chi connectivity index (χ1) is 6.20. The molecule has 0 saturated heterocycles. The van der Waals surface area contributed by atoms with Gasteiger partial charge in [0.05, 0.1) is 6.20 Å². The molecule has 0 bridgehead atoms. The largest absolute Gasteiger partial charge is 0.479 e. The van der Waals surface area contributed by atoms with E-state index in [-0.39, 0.29) is 0 Å². The minimum absolute atomic E-state index is 0.439. The molecule has 2 heterocycles. The Kier molecular flexibility index (Phi) is 1.51. The van der Waals surface area contributed by atoms with Crippen molar-refractivity contribution in [3.63, 3.8) is 0 Å². The Morgan fingerprint density at radius 3 is 2.92 bits per heavy atom. The Labute approximate surface area is 73.1 Å². The van der Waals surface area contributed by atoms with Gasteiger partial charge in [0.2, 0.25) is 5.36 Å². The van der Waals surface area contributed by atoms with Crippen LogP contribution in [0.4, 0.5) is 0 Å². The lowest BCUT2D eigenvalue weighted by Gasteiger charge is -1.95. The molecule has 13 heavy (non-hydrogen) atoms. The summed E-state index contributed by atoms with van der Waals surface area (Å²) >= 11 is 0. The van der Waals surface area contributed by atoms with Crippen molar-refractivity contribution in [3.8, 4) is 0 Å². The maximum atomic E-state index is 11.2. The van der Waals surface area contributed by atoms with Gasteiger partial charge >= 0.3 is 11.8 Å². The van der Waals surface area contributed by atoms with Crippen LogP contribution in [0.15, 0.2) is 23.5 Å². The molecular weight excluding hydrogens is 170 g/mol. The fraction of sp³-hybridized carbons (Fsp3) is 0.125. The molecule has 0 aliphatic carbocycles. The van der Waals surface area contributed by atoms with Crippen molar-refractivity contribution in [2.75, 3.05) is 7.05 Å². The van der Waals surface area contributed by atoms with Crippen LogP contribution in [0.1, 0.15) is 0 Å². The first-order valence-corrected chi connectivity index (χ1v) is 3.68. The van der Waals surface area contributed by atoms with Gasteiger partial charge in [0.15, 0.2) is 5.36 Å². The molecule has 0 unspecified atom stereocenters. The predicted molar refractivity (Wildman–Crippen MR) is 42.2 cm³/mol. The van der Waals surface area contributed by atoms with Crippen molar-refractivity contribution in [1.29, 1.82) is 0 Å². The minimum Gasteiger partial charge on any atom is -0.262 e. The highest BCUT2D eigenvalue weighted by Crippen LogP contribution is 1.80. The third-order valence-electron chi connectivity index (χ3n) is 1.85. The van der Waals surface area contributed by atoms with Gasteiger partial charge in [0.1, 0.15) is 7.05 Å². The van der Waals surface area contributed by atoms with E-state index in [1.807, 2.05) is 0 Å². The van der Waals surface area contributed by atoms with Gasteiger partial charge in [-0.2, -0.15) is 9.57 Å². The van der Waals surface area contributed by atoms with Gasteiger partial charge < -0.3 is 0 Å². The predicted octanol–water partition coefficient (Wildman–Crippen LogP) is -2.11. The Hall–Kier alpha value is -1.91. The minimum atomic E-state index is -0.747. The number of amides is 2. The summed E-state index contributed by atoms with van der Waals surface area (Å²) in [7, 11) is 1.54. The summed E-state index contributed by atoms with van der Waals surface area (Å²) in [5.41, 5.74) is 0. The van der Waals surface area contributed by atoms with Gasteiger partial charge in [0, 0.05) is 12.3 Å². The molecule has 5 heteroatoms. The van der Waals surface area contributed by atoms with E-state index in [4.69, 9.17) is 0 Å². The third kappa shape index (κ3) is 1.05. The highest BCUT2D eigenvalue weighted by atomic mass is 16.2. The fourth-order valence-electron chi connectivity index (χ4n) is 1.16. The Bertz CT molecular complexity index is 518.